The monoisotopic (exact) mass is 533 g/mol. The molecule has 0 saturated carbocycles. The van der Waals surface area contributed by atoms with Crippen LogP contribution in [0.15, 0.2) is 28.0 Å². The van der Waals surface area contributed by atoms with E-state index in [0.717, 1.165) is 10.6 Å². The molecule has 0 radical (unpaired) electrons. The molecule has 3 heterocycles. The summed E-state index contributed by atoms with van der Waals surface area (Å²) in [5.74, 6) is 0. The van der Waals surface area contributed by atoms with E-state index in [-0.39, 0.29) is 6.42 Å². The number of H-pyrrole nitrogens is 1. The molecule has 2 aromatic heterocycles. The number of rotatable bonds is 9. The third-order valence-corrected chi connectivity index (χ3v) is 8.05. The number of aromatic amines is 1. The molecule has 0 spiro atoms. The number of ether oxygens (including phenoxy) is 1. The van der Waals surface area contributed by atoms with E-state index < -0.39 is 59.7 Å². The summed E-state index contributed by atoms with van der Waals surface area (Å²) in [5.41, 5.74) is -0.862. The SMILES string of the molecule is Cc1cnnn1[C@H]1C[C@H](n2ccc(=O)[nH]c2=O)O[C@@H]1COP(=O)(O)OP(=O)(O)OP(=O)(O)O. The zero-order chi connectivity index (χ0) is 24.6. The summed E-state index contributed by atoms with van der Waals surface area (Å²) in [5, 5.41) is 7.62. The number of phosphoric ester groups is 1. The minimum atomic E-state index is -5.69. The highest BCUT2D eigenvalue weighted by atomic mass is 31.3. The van der Waals surface area contributed by atoms with Crippen LogP contribution in [0.2, 0.25) is 0 Å². The van der Waals surface area contributed by atoms with Gasteiger partial charge in [-0.3, -0.25) is 18.9 Å². The summed E-state index contributed by atoms with van der Waals surface area (Å²) in [7, 11) is -16.6. The normalized spacial score (nSPS) is 24.9. The van der Waals surface area contributed by atoms with Crippen molar-refractivity contribution in [2.45, 2.75) is 31.7 Å². The van der Waals surface area contributed by atoms with Crippen molar-refractivity contribution in [1.82, 2.24) is 24.5 Å². The molecule has 5 N–H and O–H groups in total. The van der Waals surface area contributed by atoms with Gasteiger partial charge < -0.3 is 24.3 Å². The lowest BCUT2D eigenvalue weighted by atomic mass is 10.1. The second-order valence-electron chi connectivity index (χ2n) is 6.66. The maximum atomic E-state index is 12.1. The third kappa shape index (κ3) is 6.85. The topological polar surface area (TPSA) is 255 Å². The summed E-state index contributed by atoms with van der Waals surface area (Å²) in [6.07, 6.45) is 0.595. The average molecular weight is 533 g/mol. The summed E-state index contributed by atoms with van der Waals surface area (Å²) in [6, 6.07) is 0.364. The molecule has 0 bridgehead atoms. The van der Waals surface area contributed by atoms with Gasteiger partial charge >= 0.3 is 29.2 Å². The summed E-state index contributed by atoms with van der Waals surface area (Å²) in [4.78, 5) is 61.6. The van der Waals surface area contributed by atoms with Gasteiger partial charge in [-0.15, -0.1) is 5.10 Å². The Morgan fingerprint density at radius 2 is 1.88 bits per heavy atom. The first kappa shape index (κ1) is 25.8. The molecule has 2 unspecified atom stereocenters. The highest BCUT2D eigenvalue weighted by Gasteiger charge is 2.44. The smallest absolute Gasteiger partial charge is 0.350 e. The molecule has 21 heteroatoms. The maximum absolute atomic E-state index is 12.1. The van der Waals surface area contributed by atoms with Crippen molar-refractivity contribution in [2.75, 3.05) is 6.61 Å². The van der Waals surface area contributed by atoms with Gasteiger partial charge in [0.25, 0.3) is 5.56 Å². The molecule has 1 aliphatic rings. The van der Waals surface area contributed by atoms with Crippen LogP contribution in [-0.2, 0) is 31.6 Å². The van der Waals surface area contributed by atoms with Crippen LogP contribution in [0.4, 0.5) is 0 Å². The van der Waals surface area contributed by atoms with Gasteiger partial charge in [-0.2, -0.15) is 8.62 Å². The maximum Gasteiger partial charge on any atom is 0.490 e. The zero-order valence-electron chi connectivity index (χ0n) is 16.5. The van der Waals surface area contributed by atoms with Crippen molar-refractivity contribution in [2.24, 2.45) is 0 Å². The summed E-state index contributed by atoms with van der Waals surface area (Å²) < 4.78 is 54.4. The molecule has 184 valence electrons. The fourth-order valence-electron chi connectivity index (χ4n) is 3.04. The minimum absolute atomic E-state index is 0.0700. The van der Waals surface area contributed by atoms with E-state index in [1.165, 1.54) is 17.1 Å². The molecule has 1 fully saturated rings. The quantitative estimate of drug-likeness (QED) is 0.250. The largest absolute Gasteiger partial charge is 0.490 e. The van der Waals surface area contributed by atoms with Gasteiger partial charge in [-0.25, -0.2) is 23.2 Å². The van der Waals surface area contributed by atoms with Crippen molar-refractivity contribution in [3.63, 3.8) is 0 Å². The van der Waals surface area contributed by atoms with Crippen molar-refractivity contribution in [3.8, 4) is 0 Å². The third-order valence-electron chi connectivity index (χ3n) is 4.25. The van der Waals surface area contributed by atoms with Crippen molar-refractivity contribution >= 4 is 23.5 Å². The van der Waals surface area contributed by atoms with Gasteiger partial charge in [0.2, 0.25) is 0 Å². The standard InChI is InChI=1S/C12H18N5O13P3/c1-7-5-13-15-17(7)8-4-11(16-3-2-10(18)14-12(16)19)28-9(8)6-27-32(23,24)30-33(25,26)29-31(20,21)22/h2-3,5,8-9,11H,4,6H2,1H3,(H,23,24)(H,25,26)(H,14,18,19)(H2,20,21,22)/t8-,9+,11+/m0/s1. The summed E-state index contributed by atoms with van der Waals surface area (Å²) >= 11 is 0. The van der Waals surface area contributed by atoms with Gasteiger partial charge in [0, 0.05) is 18.7 Å². The van der Waals surface area contributed by atoms with Crippen LogP contribution in [0.25, 0.3) is 0 Å². The molecule has 5 atom stereocenters. The van der Waals surface area contributed by atoms with Gasteiger partial charge in [-0.1, -0.05) is 5.21 Å². The first-order chi connectivity index (χ1) is 15.2. The van der Waals surface area contributed by atoms with Crippen LogP contribution < -0.4 is 11.2 Å². The van der Waals surface area contributed by atoms with Gasteiger partial charge in [0.1, 0.15) is 12.3 Å². The Morgan fingerprint density at radius 1 is 1.18 bits per heavy atom. The van der Waals surface area contributed by atoms with E-state index in [1.54, 1.807) is 6.92 Å². The second kappa shape index (κ2) is 9.44. The van der Waals surface area contributed by atoms with Crippen LogP contribution in [0.3, 0.4) is 0 Å². The lowest BCUT2D eigenvalue weighted by Gasteiger charge is -2.21. The van der Waals surface area contributed by atoms with E-state index in [2.05, 4.69) is 28.4 Å². The Labute approximate surface area is 183 Å². The predicted octanol–water partition coefficient (Wildman–Crippen LogP) is -0.691. The number of hydrogen-bond donors (Lipinski definition) is 5. The average Bonchev–Trinajstić information content (AvgIpc) is 3.22. The van der Waals surface area contributed by atoms with Gasteiger partial charge in [-0.05, 0) is 6.92 Å². The van der Waals surface area contributed by atoms with Gasteiger partial charge in [0.15, 0.2) is 0 Å². The van der Waals surface area contributed by atoms with Crippen LogP contribution in [0.5, 0.6) is 0 Å². The lowest BCUT2D eigenvalue weighted by molar-refractivity contribution is -0.0319. The lowest BCUT2D eigenvalue weighted by Crippen LogP contribution is -2.31. The van der Waals surface area contributed by atoms with E-state index in [0.29, 0.717) is 5.69 Å². The van der Waals surface area contributed by atoms with E-state index in [4.69, 9.17) is 14.5 Å². The first-order valence-corrected chi connectivity index (χ1v) is 13.3. The fraction of sp³-hybridized carbons (Fsp3) is 0.500. The number of phosphoric acid groups is 3. The van der Waals surface area contributed by atoms with Crippen LogP contribution in [0, 0.1) is 6.92 Å². The number of aromatic nitrogens is 5. The summed E-state index contributed by atoms with van der Waals surface area (Å²) in [6.45, 7) is 0.890. The Bertz CT molecular complexity index is 1270. The molecule has 3 rings (SSSR count). The molecule has 18 nitrogen and oxygen atoms in total. The van der Waals surface area contributed by atoms with E-state index >= 15 is 0 Å². The van der Waals surface area contributed by atoms with Crippen LogP contribution in [0.1, 0.15) is 24.4 Å². The molecule has 0 amide bonds. The van der Waals surface area contributed by atoms with Crippen molar-refractivity contribution < 1.29 is 51.2 Å². The van der Waals surface area contributed by atoms with Crippen molar-refractivity contribution in [3.05, 3.63) is 45.0 Å². The molecule has 33 heavy (non-hydrogen) atoms. The Balaban J connectivity index is 1.79. The number of hydrogen-bond acceptors (Lipinski definition) is 11. The molecular weight excluding hydrogens is 515 g/mol. The molecule has 0 aliphatic carbocycles. The molecule has 2 aromatic rings. The zero-order valence-corrected chi connectivity index (χ0v) is 19.2. The highest BCUT2D eigenvalue weighted by molar-refractivity contribution is 7.66. The highest BCUT2D eigenvalue weighted by Crippen LogP contribution is 2.66. The van der Waals surface area contributed by atoms with E-state index in [1.807, 2.05) is 0 Å². The molecule has 1 aliphatic heterocycles. The first-order valence-electron chi connectivity index (χ1n) is 8.78. The predicted molar refractivity (Wildman–Crippen MR) is 103 cm³/mol. The second-order valence-corrected chi connectivity index (χ2v) is 11.1. The minimum Gasteiger partial charge on any atom is -0.350 e. The van der Waals surface area contributed by atoms with E-state index in [9.17, 15) is 33.1 Å². The number of nitrogens with zero attached hydrogens (tertiary/aromatic N) is 4. The van der Waals surface area contributed by atoms with Crippen molar-refractivity contribution in [1.29, 1.82) is 0 Å². The Hall–Kier alpha value is -1.81. The van der Waals surface area contributed by atoms with Crippen LogP contribution in [-0.4, -0.2) is 56.8 Å². The van der Waals surface area contributed by atoms with Crippen LogP contribution >= 0.6 is 23.5 Å². The fourth-order valence-corrected chi connectivity index (χ4v) is 6.07. The molecule has 1 saturated heterocycles. The number of nitrogens with one attached hydrogen (secondary N) is 1. The Kier molecular flexibility index (Phi) is 7.39. The molecule has 0 aromatic carbocycles. The Morgan fingerprint density at radius 3 is 2.45 bits per heavy atom. The van der Waals surface area contributed by atoms with Gasteiger partial charge in [0.05, 0.1) is 24.5 Å². The number of aryl methyl sites for hydroxylation is 1. The molecular formula is C12H18N5O13P3.